The molecule has 2 aromatic rings. The second-order valence-electron chi connectivity index (χ2n) is 6.69. The SMILES string of the molecule is Cc1ccc(NC(=O)[C@@H]2CCCN2C2=NS(=O)(=O)c3ccccc32)cc1F. The zero-order chi connectivity index (χ0) is 19.2. The van der Waals surface area contributed by atoms with Crippen LogP contribution in [0.1, 0.15) is 24.0 Å². The van der Waals surface area contributed by atoms with Gasteiger partial charge in [0.25, 0.3) is 10.0 Å². The van der Waals surface area contributed by atoms with E-state index >= 15 is 0 Å². The third kappa shape index (κ3) is 3.10. The molecule has 2 aliphatic heterocycles. The molecule has 6 nitrogen and oxygen atoms in total. The molecule has 0 radical (unpaired) electrons. The lowest BCUT2D eigenvalue weighted by Gasteiger charge is -2.25. The number of halogens is 1. The molecular weight excluding hydrogens is 369 g/mol. The second-order valence-corrected chi connectivity index (χ2v) is 8.26. The van der Waals surface area contributed by atoms with Crippen molar-refractivity contribution in [1.82, 2.24) is 4.90 Å². The number of amidine groups is 1. The van der Waals surface area contributed by atoms with Gasteiger partial charge in [0, 0.05) is 17.8 Å². The van der Waals surface area contributed by atoms with Crippen molar-refractivity contribution in [3.63, 3.8) is 0 Å². The maximum absolute atomic E-state index is 13.7. The number of carbonyl (C=O) groups is 1. The van der Waals surface area contributed by atoms with Crippen LogP contribution in [0.3, 0.4) is 0 Å². The van der Waals surface area contributed by atoms with E-state index in [4.69, 9.17) is 0 Å². The summed E-state index contributed by atoms with van der Waals surface area (Å²) in [5, 5.41) is 2.73. The Hall–Kier alpha value is -2.74. The molecule has 1 fully saturated rings. The first-order chi connectivity index (χ1) is 12.9. The molecule has 0 spiro atoms. The van der Waals surface area contributed by atoms with Gasteiger partial charge >= 0.3 is 0 Å². The Kier molecular flexibility index (Phi) is 4.22. The van der Waals surface area contributed by atoms with E-state index in [1.165, 1.54) is 12.1 Å². The first kappa shape index (κ1) is 17.7. The highest BCUT2D eigenvalue weighted by molar-refractivity contribution is 7.90. The van der Waals surface area contributed by atoms with Crippen LogP contribution in [0, 0.1) is 12.7 Å². The number of hydrogen-bond donors (Lipinski definition) is 1. The lowest BCUT2D eigenvalue weighted by atomic mass is 10.1. The number of fused-ring (bicyclic) bond motifs is 1. The molecule has 2 aromatic carbocycles. The number of likely N-dealkylation sites (tertiary alicyclic amines) is 1. The average Bonchev–Trinajstić information content (AvgIpc) is 3.21. The lowest BCUT2D eigenvalue weighted by molar-refractivity contribution is -0.119. The molecule has 1 amide bonds. The molecule has 8 heteroatoms. The first-order valence-electron chi connectivity index (χ1n) is 8.65. The Morgan fingerprint density at radius 1 is 1.26 bits per heavy atom. The van der Waals surface area contributed by atoms with Crippen molar-refractivity contribution in [2.24, 2.45) is 4.40 Å². The van der Waals surface area contributed by atoms with E-state index in [9.17, 15) is 17.6 Å². The van der Waals surface area contributed by atoms with E-state index in [0.29, 0.717) is 35.6 Å². The number of sulfonamides is 1. The molecule has 2 aliphatic rings. The van der Waals surface area contributed by atoms with Gasteiger partial charge < -0.3 is 10.2 Å². The van der Waals surface area contributed by atoms with E-state index in [1.54, 1.807) is 42.2 Å². The Bertz CT molecular complexity index is 1070. The molecule has 4 rings (SSSR count). The molecular formula is C19H18FN3O3S. The van der Waals surface area contributed by atoms with Gasteiger partial charge in [0.05, 0.1) is 0 Å². The molecule has 0 aliphatic carbocycles. The monoisotopic (exact) mass is 387 g/mol. The number of carbonyl (C=O) groups excluding carboxylic acids is 1. The van der Waals surface area contributed by atoms with Crippen LogP contribution in [0.4, 0.5) is 10.1 Å². The predicted octanol–water partition coefficient (Wildman–Crippen LogP) is 2.69. The Labute approximate surface area is 156 Å². The van der Waals surface area contributed by atoms with Gasteiger partial charge in [0.1, 0.15) is 16.8 Å². The van der Waals surface area contributed by atoms with Crippen LogP contribution in [0.2, 0.25) is 0 Å². The standard InChI is InChI=1S/C19H18FN3O3S/c1-12-8-9-13(11-15(12)20)21-19(24)16-6-4-10-23(16)18-14-5-2-3-7-17(14)27(25,26)22-18/h2-3,5,7-9,11,16H,4,6,10H2,1H3,(H,21,24)/t16-/m0/s1. The van der Waals surface area contributed by atoms with Gasteiger partial charge in [-0.3, -0.25) is 4.79 Å². The largest absolute Gasteiger partial charge is 0.343 e. The molecule has 1 atom stereocenters. The molecule has 0 aromatic heterocycles. The number of nitrogens with zero attached hydrogens (tertiary/aromatic N) is 2. The van der Waals surface area contributed by atoms with Crippen molar-refractivity contribution in [2.45, 2.75) is 30.7 Å². The van der Waals surface area contributed by atoms with Crippen LogP contribution in [-0.2, 0) is 14.8 Å². The van der Waals surface area contributed by atoms with E-state index in [0.717, 1.165) is 6.42 Å². The molecule has 1 N–H and O–H groups in total. The fourth-order valence-corrected chi connectivity index (χ4v) is 4.70. The van der Waals surface area contributed by atoms with Gasteiger partial charge in [-0.15, -0.1) is 4.40 Å². The summed E-state index contributed by atoms with van der Waals surface area (Å²) in [5.74, 6) is -0.394. The van der Waals surface area contributed by atoms with Gasteiger partial charge in [0.15, 0.2) is 5.84 Å². The molecule has 0 unspecified atom stereocenters. The first-order valence-corrected chi connectivity index (χ1v) is 10.1. The fourth-order valence-electron chi connectivity index (χ4n) is 3.48. The summed E-state index contributed by atoms with van der Waals surface area (Å²) in [4.78, 5) is 14.7. The third-order valence-electron chi connectivity index (χ3n) is 4.88. The molecule has 140 valence electrons. The van der Waals surface area contributed by atoms with E-state index in [1.807, 2.05) is 0 Å². The van der Waals surface area contributed by atoms with Gasteiger partial charge in [-0.2, -0.15) is 8.42 Å². The summed E-state index contributed by atoms with van der Waals surface area (Å²) in [7, 11) is -3.75. The zero-order valence-electron chi connectivity index (χ0n) is 14.6. The molecule has 0 saturated carbocycles. The van der Waals surface area contributed by atoms with Crippen molar-refractivity contribution in [3.05, 3.63) is 59.4 Å². The number of amides is 1. The van der Waals surface area contributed by atoms with Gasteiger partial charge in [-0.25, -0.2) is 4.39 Å². The van der Waals surface area contributed by atoms with Crippen LogP contribution in [0.5, 0.6) is 0 Å². The Balaban J connectivity index is 1.61. The third-order valence-corrected chi connectivity index (χ3v) is 6.20. The molecule has 0 bridgehead atoms. The summed E-state index contributed by atoms with van der Waals surface area (Å²) in [6, 6.07) is 10.6. The van der Waals surface area contributed by atoms with Gasteiger partial charge in [0.2, 0.25) is 5.91 Å². The second kappa shape index (κ2) is 6.45. The highest BCUT2D eigenvalue weighted by Crippen LogP contribution is 2.31. The van der Waals surface area contributed by atoms with Crippen molar-refractivity contribution in [1.29, 1.82) is 0 Å². The van der Waals surface area contributed by atoms with Crippen molar-refractivity contribution < 1.29 is 17.6 Å². The minimum atomic E-state index is -3.75. The molecule has 27 heavy (non-hydrogen) atoms. The Morgan fingerprint density at radius 3 is 2.81 bits per heavy atom. The maximum Gasteiger partial charge on any atom is 0.285 e. The van der Waals surface area contributed by atoms with Crippen molar-refractivity contribution >= 4 is 27.5 Å². The smallest absolute Gasteiger partial charge is 0.285 e. The van der Waals surface area contributed by atoms with E-state index < -0.39 is 21.9 Å². The van der Waals surface area contributed by atoms with E-state index in [2.05, 4.69) is 9.71 Å². The number of rotatable bonds is 2. The van der Waals surface area contributed by atoms with Crippen LogP contribution >= 0.6 is 0 Å². The fraction of sp³-hybridized carbons (Fsp3) is 0.263. The van der Waals surface area contributed by atoms with Crippen LogP contribution in [-0.4, -0.2) is 37.6 Å². The van der Waals surface area contributed by atoms with Gasteiger partial charge in [-0.1, -0.05) is 18.2 Å². The summed E-state index contributed by atoms with van der Waals surface area (Å²) in [6.45, 7) is 2.18. The summed E-state index contributed by atoms with van der Waals surface area (Å²) >= 11 is 0. The highest BCUT2D eigenvalue weighted by Gasteiger charge is 2.39. The summed E-state index contributed by atoms with van der Waals surface area (Å²) < 4.78 is 42.2. The number of nitrogens with one attached hydrogen (secondary N) is 1. The molecule has 1 saturated heterocycles. The number of anilines is 1. The van der Waals surface area contributed by atoms with Crippen molar-refractivity contribution in [3.8, 4) is 0 Å². The van der Waals surface area contributed by atoms with Crippen molar-refractivity contribution in [2.75, 3.05) is 11.9 Å². The quantitative estimate of drug-likeness (QED) is 0.859. The lowest BCUT2D eigenvalue weighted by Crippen LogP contribution is -2.43. The van der Waals surface area contributed by atoms with Gasteiger partial charge in [-0.05, 0) is 49.6 Å². The van der Waals surface area contributed by atoms with Crippen LogP contribution < -0.4 is 5.32 Å². The minimum absolute atomic E-state index is 0.159. The minimum Gasteiger partial charge on any atom is -0.343 e. The number of hydrogen-bond acceptors (Lipinski definition) is 4. The maximum atomic E-state index is 13.7. The zero-order valence-corrected chi connectivity index (χ0v) is 15.5. The Morgan fingerprint density at radius 2 is 2.04 bits per heavy atom. The number of benzene rings is 2. The van der Waals surface area contributed by atoms with Crippen LogP contribution in [0.25, 0.3) is 0 Å². The van der Waals surface area contributed by atoms with E-state index in [-0.39, 0.29) is 10.8 Å². The summed E-state index contributed by atoms with van der Waals surface area (Å²) in [5.41, 5.74) is 1.38. The average molecular weight is 387 g/mol. The van der Waals surface area contributed by atoms with Crippen LogP contribution in [0.15, 0.2) is 51.8 Å². The predicted molar refractivity (Wildman–Crippen MR) is 99.7 cm³/mol. The normalized spacial score (nSPS) is 20.3. The highest BCUT2D eigenvalue weighted by atomic mass is 32.2. The summed E-state index contributed by atoms with van der Waals surface area (Å²) in [6.07, 6.45) is 1.31. The number of aryl methyl sites for hydroxylation is 1. The topological polar surface area (TPSA) is 78.8 Å². The molecule has 2 heterocycles.